The van der Waals surface area contributed by atoms with Gasteiger partial charge in [-0.05, 0) is 12.8 Å². The van der Waals surface area contributed by atoms with E-state index in [1.165, 1.54) is 116 Å². The second kappa shape index (κ2) is 33.4. The van der Waals surface area contributed by atoms with Gasteiger partial charge in [-0.25, -0.2) is 0 Å². The van der Waals surface area contributed by atoms with Gasteiger partial charge in [0.1, 0.15) is 6.61 Å². The minimum absolute atomic E-state index is 0.113. The highest BCUT2D eigenvalue weighted by Crippen LogP contribution is 2.13. The van der Waals surface area contributed by atoms with Crippen LogP contribution in [0.15, 0.2) is 0 Å². The van der Waals surface area contributed by atoms with Gasteiger partial charge in [-0.2, -0.15) is 0 Å². The standard InChI is InChI=1S/C32H64O5/c1-3-5-7-9-10-11-12-13-14-15-16-17-18-19-21-23-25-34-26-27-35-28-29-36-30-31-37-32(33)24-22-20-8-6-4-2/h3-31H2,1-2H3. The maximum Gasteiger partial charge on any atom is 0.305 e. The van der Waals surface area contributed by atoms with Crippen LogP contribution in [0.2, 0.25) is 0 Å². The molecule has 0 heterocycles. The van der Waals surface area contributed by atoms with Crippen LogP contribution in [-0.4, -0.2) is 52.2 Å². The summed E-state index contributed by atoms with van der Waals surface area (Å²) in [7, 11) is 0. The van der Waals surface area contributed by atoms with Crippen molar-refractivity contribution in [3.8, 4) is 0 Å². The normalized spacial score (nSPS) is 11.3. The molecule has 0 unspecified atom stereocenters. The van der Waals surface area contributed by atoms with Crippen molar-refractivity contribution in [2.75, 3.05) is 46.2 Å². The summed E-state index contributed by atoms with van der Waals surface area (Å²) in [5.41, 5.74) is 0. The highest BCUT2D eigenvalue weighted by Gasteiger charge is 2.02. The molecule has 0 radical (unpaired) electrons. The molecule has 222 valence electrons. The fourth-order valence-corrected chi connectivity index (χ4v) is 4.45. The molecule has 0 aromatic rings. The molecule has 0 aromatic heterocycles. The van der Waals surface area contributed by atoms with E-state index in [0.717, 1.165) is 25.9 Å². The molecule has 0 N–H and O–H groups in total. The molecule has 0 aliphatic rings. The zero-order chi connectivity index (χ0) is 26.9. The van der Waals surface area contributed by atoms with Gasteiger partial charge in [0.25, 0.3) is 0 Å². The quantitative estimate of drug-likeness (QED) is 0.0643. The molecule has 0 saturated heterocycles. The lowest BCUT2D eigenvalue weighted by atomic mass is 10.0. The summed E-state index contributed by atoms with van der Waals surface area (Å²) in [6.07, 6.45) is 28.5. The molecule has 0 aromatic carbocycles. The van der Waals surface area contributed by atoms with Gasteiger partial charge in [0, 0.05) is 13.0 Å². The average molecular weight is 529 g/mol. The van der Waals surface area contributed by atoms with Crippen LogP contribution in [0.5, 0.6) is 0 Å². The van der Waals surface area contributed by atoms with E-state index in [4.69, 9.17) is 18.9 Å². The molecular weight excluding hydrogens is 464 g/mol. The van der Waals surface area contributed by atoms with E-state index in [9.17, 15) is 4.79 Å². The average Bonchev–Trinajstić information content (AvgIpc) is 2.90. The van der Waals surface area contributed by atoms with Gasteiger partial charge in [0.15, 0.2) is 0 Å². The number of hydrogen-bond donors (Lipinski definition) is 0. The molecule has 0 amide bonds. The smallest absolute Gasteiger partial charge is 0.305 e. The van der Waals surface area contributed by atoms with E-state index in [1.54, 1.807) is 0 Å². The number of carbonyl (C=O) groups excluding carboxylic acids is 1. The first kappa shape index (κ1) is 36.4. The van der Waals surface area contributed by atoms with Gasteiger partial charge in [-0.15, -0.1) is 0 Å². The van der Waals surface area contributed by atoms with Gasteiger partial charge in [-0.3, -0.25) is 4.79 Å². The number of esters is 1. The zero-order valence-electron chi connectivity index (χ0n) is 25.0. The van der Waals surface area contributed by atoms with Crippen molar-refractivity contribution in [3.63, 3.8) is 0 Å². The van der Waals surface area contributed by atoms with Crippen molar-refractivity contribution < 1.29 is 23.7 Å². The van der Waals surface area contributed by atoms with E-state index >= 15 is 0 Å². The highest BCUT2D eigenvalue weighted by molar-refractivity contribution is 5.69. The van der Waals surface area contributed by atoms with Gasteiger partial charge in [0.05, 0.1) is 33.0 Å². The predicted molar refractivity (Wildman–Crippen MR) is 156 cm³/mol. The van der Waals surface area contributed by atoms with Gasteiger partial charge in [0.2, 0.25) is 0 Å². The first-order valence-corrected chi connectivity index (χ1v) is 16.2. The van der Waals surface area contributed by atoms with E-state index in [0.29, 0.717) is 46.1 Å². The molecule has 0 aliphatic heterocycles. The van der Waals surface area contributed by atoms with Crippen LogP contribution in [0, 0.1) is 0 Å². The van der Waals surface area contributed by atoms with Crippen molar-refractivity contribution in [2.45, 2.75) is 155 Å². The predicted octanol–water partition coefficient (Wildman–Crippen LogP) is 9.20. The number of ether oxygens (including phenoxy) is 4. The third kappa shape index (κ3) is 33.3. The van der Waals surface area contributed by atoms with E-state index in [1.807, 2.05) is 0 Å². The number of carbonyl (C=O) groups is 1. The van der Waals surface area contributed by atoms with Crippen molar-refractivity contribution in [2.24, 2.45) is 0 Å². The Kier molecular flexibility index (Phi) is 32.8. The minimum atomic E-state index is -0.113. The Morgan fingerprint density at radius 2 is 0.703 bits per heavy atom. The van der Waals surface area contributed by atoms with Crippen LogP contribution in [0.1, 0.15) is 155 Å². The minimum Gasteiger partial charge on any atom is -0.463 e. The van der Waals surface area contributed by atoms with Crippen molar-refractivity contribution in [1.29, 1.82) is 0 Å². The van der Waals surface area contributed by atoms with E-state index in [-0.39, 0.29) is 5.97 Å². The maximum absolute atomic E-state index is 11.6. The van der Waals surface area contributed by atoms with Crippen LogP contribution < -0.4 is 0 Å². The monoisotopic (exact) mass is 528 g/mol. The molecule has 0 fully saturated rings. The molecule has 5 nitrogen and oxygen atoms in total. The molecule has 0 atom stereocenters. The zero-order valence-corrected chi connectivity index (χ0v) is 25.0. The Morgan fingerprint density at radius 3 is 1.14 bits per heavy atom. The highest BCUT2D eigenvalue weighted by atomic mass is 16.6. The Hall–Kier alpha value is -0.650. The van der Waals surface area contributed by atoms with E-state index < -0.39 is 0 Å². The Bertz CT molecular complexity index is 429. The number of hydrogen-bond acceptors (Lipinski definition) is 5. The fourth-order valence-electron chi connectivity index (χ4n) is 4.45. The molecule has 0 bridgehead atoms. The third-order valence-electron chi connectivity index (χ3n) is 6.86. The SMILES string of the molecule is CCCCCCCCCCCCCCCCCCOCCOCCOCCOC(=O)CCCCCCC. The Balaban J connectivity index is 3.08. The largest absolute Gasteiger partial charge is 0.463 e. The van der Waals surface area contributed by atoms with Crippen molar-refractivity contribution in [1.82, 2.24) is 0 Å². The van der Waals surface area contributed by atoms with Crippen molar-refractivity contribution in [3.05, 3.63) is 0 Å². The topological polar surface area (TPSA) is 54.0 Å². The molecule has 0 spiro atoms. The molecular formula is C32H64O5. The van der Waals surface area contributed by atoms with Crippen LogP contribution in [0.3, 0.4) is 0 Å². The summed E-state index contributed by atoms with van der Waals surface area (Å²) in [5, 5.41) is 0. The summed E-state index contributed by atoms with van der Waals surface area (Å²) in [4.78, 5) is 11.6. The van der Waals surface area contributed by atoms with E-state index in [2.05, 4.69) is 13.8 Å². The third-order valence-corrected chi connectivity index (χ3v) is 6.86. The molecule has 0 aliphatic carbocycles. The second-order valence-electron chi connectivity index (χ2n) is 10.5. The molecule has 37 heavy (non-hydrogen) atoms. The first-order valence-electron chi connectivity index (χ1n) is 16.2. The summed E-state index contributed by atoms with van der Waals surface area (Å²) in [5.74, 6) is -0.113. The van der Waals surface area contributed by atoms with Crippen LogP contribution >= 0.6 is 0 Å². The number of unbranched alkanes of at least 4 members (excludes halogenated alkanes) is 19. The number of rotatable bonds is 32. The lowest BCUT2D eigenvalue weighted by Crippen LogP contribution is -2.14. The summed E-state index contributed by atoms with van der Waals surface area (Å²) < 4.78 is 21.8. The van der Waals surface area contributed by atoms with Gasteiger partial charge < -0.3 is 18.9 Å². The second-order valence-corrected chi connectivity index (χ2v) is 10.5. The van der Waals surface area contributed by atoms with Crippen LogP contribution in [0.25, 0.3) is 0 Å². The summed E-state index contributed by atoms with van der Waals surface area (Å²) in [6.45, 7) is 8.40. The fraction of sp³-hybridized carbons (Fsp3) is 0.969. The Labute approximate surface area is 231 Å². The first-order chi connectivity index (χ1) is 18.3. The summed E-state index contributed by atoms with van der Waals surface area (Å²) >= 11 is 0. The maximum atomic E-state index is 11.6. The molecule has 0 rings (SSSR count). The Morgan fingerprint density at radius 1 is 0.378 bits per heavy atom. The van der Waals surface area contributed by atoms with Gasteiger partial charge >= 0.3 is 5.97 Å². The van der Waals surface area contributed by atoms with Crippen molar-refractivity contribution >= 4 is 5.97 Å². The lowest BCUT2D eigenvalue weighted by Gasteiger charge is -2.08. The lowest BCUT2D eigenvalue weighted by molar-refractivity contribution is -0.145. The van der Waals surface area contributed by atoms with Gasteiger partial charge in [-0.1, -0.05) is 136 Å². The van der Waals surface area contributed by atoms with Crippen LogP contribution in [-0.2, 0) is 23.7 Å². The van der Waals surface area contributed by atoms with Crippen LogP contribution in [0.4, 0.5) is 0 Å². The molecule has 0 saturated carbocycles. The summed E-state index contributed by atoms with van der Waals surface area (Å²) in [6, 6.07) is 0. The molecule has 5 heteroatoms.